The molecule has 1 aliphatic carbocycles. The zero-order valence-corrected chi connectivity index (χ0v) is 24.2. The van der Waals surface area contributed by atoms with Crippen molar-refractivity contribution in [3.8, 4) is 0 Å². The minimum absolute atomic E-state index is 0.123. The number of piperazine rings is 1. The number of para-hydroxylation sites is 1. The molecular formula is C34H47FN4O. The van der Waals surface area contributed by atoms with Gasteiger partial charge in [0.2, 0.25) is 5.91 Å². The molecule has 2 aromatic carbocycles. The molecule has 0 unspecified atom stereocenters. The molecule has 0 aromatic heterocycles. The second-order valence-electron chi connectivity index (χ2n) is 12.6. The Hall–Kier alpha value is -2.44. The topological polar surface area (TPSA) is 30.0 Å². The Balaban J connectivity index is 1.11. The van der Waals surface area contributed by atoms with Gasteiger partial charge in [0.1, 0.15) is 5.82 Å². The van der Waals surface area contributed by atoms with Gasteiger partial charge in [-0.05, 0) is 74.2 Å². The Labute approximate surface area is 240 Å². The van der Waals surface area contributed by atoms with E-state index < -0.39 is 0 Å². The SMILES string of the molecule is O=C(CC[C@H]1CN(C2Cc3ccccc3C2)CC[C@H]1N1CCN(c2ccccc2F)CC1)N1CCCCCCC1. The van der Waals surface area contributed by atoms with E-state index in [0.29, 0.717) is 30.3 Å². The number of carbonyl (C=O) groups excluding carboxylic acids is 1. The number of anilines is 1. The van der Waals surface area contributed by atoms with Gasteiger partial charge in [-0.2, -0.15) is 0 Å². The summed E-state index contributed by atoms with van der Waals surface area (Å²) in [7, 11) is 0. The fourth-order valence-electron chi connectivity index (χ4n) is 7.90. The highest BCUT2D eigenvalue weighted by Gasteiger charge is 2.38. The summed E-state index contributed by atoms with van der Waals surface area (Å²) in [5.41, 5.74) is 3.76. The molecule has 216 valence electrons. The van der Waals surface area contributed by atoms with Crippen LogP contribution in [0.15, 0.2) is 48.5 Å². The molecule has 3 fully saturated rings. The van der Waals surface area contributed by atoms with Crippen LogP contribution >= 0.6 is 0 Å². The van der Waals surface area contributed by atoms with Crippen molar-refractivity contribution >= 4 is 11.6 Å². The van der Waals surface area contributed by atoms with E-state index in [0.717, 1.165) is 96.6 Å². The monoisotopic (exact) mass is 546 g/mol. The number of hydrogen-bond donors (Lipinski definition) is 0. The molecule has 0 radical (unpaired) electrons. The molecule has 2 aromatic rings. The Bertz CT molecular complexity index is 1100. The summed E-state index contributed by atoms with van der Waals surface area (Å²) in [6.07, 6.45) is 11.3. The van der Waals surface area contributed by atoms with Gasteiger partial charge in [-0.1, -0.05) is 55.7 Å². The number of nitrogens with zero attached hydrogens (tertiary/aromatic N) is 4. The molecule has 5 nitrogen and oxygen atoms in total. The van der Waals surface area contributed by atoms with E-state index in [1.165, 1.54) is 30.4 Å². The Kier molecular flexibility index (Phi) is 9.03. The van der Waals surface area contributed by atoms with Crippen molar-refractivity contribution in [1.82, 2.24) is 14.7 Å². The quantitative estimate of drug-likeness (QED) is 0.487. The molecular weight excluding hydrogens is 499 g/mol. The first-order valence-electron chi connectivity index (χ1n) is 16.0. The maximum Gasteiger partial charge on any atom is 0.222 e. The molecule has 4 aliphatic rings. The largest absolute Gasteiger partial charge is 0.367 e. The number of amides is 1. The van der Waals surface area contributed by atoms with Crippen LogP contribution in [0.3, 0.4) is 0 Å². The number of benzene rings is 2. The number of fused-ring (bicyclic) bond motifs is 1. The van der Waals surface area contributed by atoms with Crippen LogP contribution in [-0.2, 0) is 17.6 Å². The summed E-state index contributed by atoms with van der Waals surface area (Å²) < 4.78 is 14.5. The molecule has 40 heavy (non-hydrogen) atoms. The van der Waals surface area contributed by atoms with E-state index in [9.17, 15) is 9.18 Å². The van der Waals surface area contributed by atoms with Crippen molar-refractivity contribution in [2.75, 3.05) is 57.3 Å². The van der Waals surface area contributed by atoms with E-state index in [1.807, 2.05) is 12.1 Å². The summed E-state index contributed by atoms with van der Waals surface area (Å²) in [4.78, 5) is 23.1. The van der Waals surface area contributed by atoms with Crippen LogP contribution in [0, 0.1) is 11.7 Å². The van der Waals surface area contributed by atoms with Gasteiger partial charge in [-0.15, -0.1) is 0 Å². The number of likely N-dealkylation sites (tertiary alicyclic amines) is 2. The Morgan fingerprint density at radius 1 is 0.750 bits per heavy atom. The lowest BCUT2D eigenvalue weighted by Crippen LogP contribution is -2.58. The first-order valence-corrected chi connectivity index (χ1v) is 16.0. The minimum Gasteiger partial charge on any atom is -0.367 e. The molecule has 3 aliphatic heterocycles. The van der Waals surface area contributed by atoms with Crippen molar-refractivity contribution in [2.45, 2.75) is 76.3 Å². The smallest absolute Gasteiger partial charge is 0.222 e. The molecule has 1 amide bonds. The molecule has 6 heteroatoms. The fraction of sp³-hybridized carbons (Fsp3) is 0.618. The van der Waals surface area contributed by atoms with Crippen molar-refractivity contribution in [2.24, 2.45) is 5.92 Å². The van der Waals surface area contributed by atoms with Crippen LogP contribution in [0.4, 0.5) is 10.1 Å². The lowest BCUT2D eigenvalue weighted by Gasteiger charge is -2.48. The lowest BCUT2D eigenvalue weighted by molar-refractivity contribution is -0.132. The third-order valence-corrected chi connectivity index (χ3v) is 10.2. The van der Waals surface area contributed by atoms with Crippen LogP contribution in [0.5, 0.6) is 0 Å². The van der Waals surface area contributed by atoms with E-state index in [1.54, 1.807) is 12.1 Å². The zero-order valence-electron chi connectivity index (χ0n) is 24.2. The highest BCUT2D eigenvalue weighted by Crippen LogP contribution is 2.33. The van der Waals surface area contributed by atoms with Gasteiger partial charge >= 0.3 is 0 Å². The summed E-state index contributed by atoms with van der Waals surface area (Å²) in [6, 6.07) is 17.2. The van der Waals surface area contributed by atoms with Gasteiger partial charge in [-0.25, -0.2) is 4.39 Å². The molecule has 0 N–H and O–H groups in total. The van der Waals surface area contributed by atoms with Gasteiger partial charge in [0.25, 0.3) is 0 Å². The Morgan fingerprint density at radius 2 is 1.40 bits per heavy atom. The first-order chi connectivity index (χ1) is 19.7. The van der Waals surface area contributed by atoms with E-state index in [-0.39, 0.29) is 5.82 Å². The van der Waals surface area contributed by atoms with Crippen molar-refractivity contribution in [1.29, 1.82) is 0 Å². The molecule has 0 bridgehead atoms. The molecule has 3 heterocycles. The standard InChI is InChI=1S/C34H47FN4O/c35-31-12-6-7-13-33(31)37-22-20-36(21-23-37)32-16-19-39(30-24-27-10-4-5-11-28(27)25-30)26-29(32)14-15-34(40)38-17-8-2-1-3-9-18-38/h4-7,10-13,29-30,32H,1-3,8-9,14-26H2/t29-,32+/m0/s1. The molecule has 2 atom stereocenters. The molecule has 0 saturated carbocycles. The summed E-state index contributed by atoms with van der Waals surface area (Å²) >= 11 is 0. The van der Waals surface area contributed by atoms with Gasteiger partial charge in [0.15, 0.2) is 0 Å². The first kappa shape index (κ1) is 27.7. The van der Waals surface area contributed by atoms with Gasteiger partial charge in [0, 0.05) is 64.3 Å². The fourth-order valence-corrected chi connectivity index (χ4v) is 7.90. The molecule has 6 rings (SSSR count). The van der Waals surface area contributed by atoms with Crippen LogP contribution in [0.2, 0.25) is 0 Å². The summed E-state index contributed by atoms with van der Waals surface area (Å²) in [5.74, 6) is 0.744. The number of carbonyl (C=O) groups is 1. The van der Waals surface area contributed by atoms with Gasteiger partial charge < -0.3 is 9.80 Å². The summed E-state index contributed by atoms with van der Waals surface area (Å²) in [6.45, 7) is 7.75. The predicted molar refractivity (Wildman–Crippen MR) is 160 cm³/mol. The lowest BCUT2D eigenvalue weighted by atomic mass is 9.85. The van der Waals surface area contributed by atoms with E-state index >= 15 is 0 Å². The van der Waals surface area contributed by atoms with Crippen LogP contribution in [0.1, 0.15) is 62.5 Å². The third-order valence-electron chi connectivity index (χ3n) is 10.2. The Morgan fingerprint density at radius 3 is 2.10 bits per heavy atom. The number of halogens is 1. The third kappa shape index (κ3) is 6.38. The predicted octanol–water partition coefficient (Wildman–Crippen LogP) is 5.38. The van der Waals surface area contributed by atoms with Crippen LogP contribution in [0.25, 0.3) is 0 Å². The van der Waals surface area contributed by atoms with E-state index in [4.69, 9.17) is 0 Å². The van der Waals surface area contributed by atoms with Crippen molar-refractivity contribution < 1.29 is 9.18 Å². The zero-order chi connectivity index (χ0) is 27.3. The maximum absolute atomic E-state index is 14.5. The van der Waals surface area contributed by atoms with Crippen molar-refractivity contribution in [3.05, 3.63) is 65.5 Å². The number of piperidine rings is 1. The molecule has 0 spiro atoms. The van der Waals surface area contributed by atoms with Crippen LogP contribution in [-0.4, -0.2) is 85.0 Å². The number of hydrogen-bond acceptors (Lipinski definition) is 4. The second kappa shape index (κ2) is 13.0. The van der Waals surface area contributed by atoms with Crippen molar-refractivity contribution in [3.63, 3.8) is 0 Å². The average Bonchev–Trinajstić information content (AvgIpc) is 3.41. The van der Waals surface area contributed by atoms with Gasteiger partial charge in [-0.3, -0.25) is 14.6 Å². The van der Waals surface area contributed by atoms with E-state index in [2.05, 4.69) is 43.9 Å². The summed E-state index contributed by atoms with van der Waals surface area (Å²) in [5, 5.41) is 0. The number of rotatable bonds is 6. The van der Waals surface area contributed by atoms with Gasteiger partial charge in [0.05, 0.1) is 5.69 Å². The van der Waals surface area contributed by atoms with Crippen LogP contribution < -0.4 is 4.90 Å². The molecule has 3 saturated heterocycles. The maximum atomic E-state index is 14.5. The normalized spacial score (nSPS) is 25.4. The average molecular weight is 547 g/mol. The highest BCUT2D eigenvalue weighted by molar-refractivity contribution is 5.76. The minimum atomic E-state index is -0.123. The second-order valence-corrected chi connectivity index (χ2v) is 12.6. The highest BCUT2D eigenvalue weighted by atomic mass is 19.1.